The first-order valence-electron chi connectivity index (χ1n) is 6.94. The fourth-order valence-electron chi connectivity index (χ4n) is 2.15. The lowest BCUT2D eigenvalue weighted by atomic mass is 10.1. The molecule has 0 N–H and O–H groups in total. The molecule has 0 unspecified atom stereocenters. The lowest BCUT2D eigenvalue weighted by molar-refractivity contribution is 0.553. The van der Waals surface area contributed by atoms with Crippen LogP contribution in [0, 0.1) is 22.7 Å². The molecule has 1 fully saturated rings. The largest absolute Gasteiger partial charge is 0.344 e. The molecule has 1 aromatic rings. The predicted octanol–water partition coefficient (Wildman–Crippen LogP) is 2.54. The second-order valence-corrected chi connectivity index (χ2v) is 4.98. The summed E-state index contributed by atoms with van der Waals surface area (Å²) >= 11 is 0. The van der Waals surface area contributed by atoms with Crippen molar-refractivity contribution in [1.29, 1.82) is 10.5 Å². The molecule has 1 saturated heterocycles. The highest BCUT2D eigenvalue weighted by atomic mass is 15.4. The molecule has 0 radical (unpaired) electrons. The number of guanidine groups is 1. The van der Waals surface area contributed by atoms with Crippen LogP contribution in [0.1, 0.15) is 5.56 Å². The third-order valence-corrected chi connectivity index (χ3v) is 3.39. The maximum atomic E-state index is 8.72. The average molecular weight is 291 g/mol. The summed E-state index contributed by atoms with van der Waals surface area (Å²) in [5, 5.41) is 17.4. The maximum Gasteiger partial charge on any atom is 0.201 e. The van der Waals surface area contributed by atoms with Crippen LogP contribution in [-0.2, 0) is 0 Å². The van der Waals surface area contributed by atoms with Crippen molar-refractivity contribution < 1.29 is 0 Å². The predicted molar refractivity (Wildman–Crippen MR) is 87.1 cm³/mol. The van der Waals surface area contributed by atoms with Gasteiger partial charge in [-0.25, -0.2) is 4.99 Å². The molecule has 5 nitrogen and oxygen atoms in total. The number of nitrogens with zero attached hydrogens (tertiary/aromatic N) is 5. The van der Waals surface area contributed by atoms with Gasteiger partial charge >= 0.3 is 0 Å². The third kappa shape index (κ3) is 3.53. The van der Waals surface area contributed by atoms with Gasteiger partial charge in [-0.05, 0) is 12.1 Å². The standard InChI is InChI=1S/C17H17N5/c1-21-10-11-22(2)17(21)20-16-9-4-3-7-15(16)8-5-6-14(12-18)13-19/h3-9H,10-11H2,1-2H3/b8-5+. The molecule has 0 aliphatic carbocycles. The van der Waals surface area contributed by atoms with Gasteiger partial charge in [0.1, 0.15) is 17.7 Å². The Bertz CT molecular complexity index is 687. The Morgan fingerprint density at radius 1 is 1.14 bits per heavy atom. The lowest BCUT2D eigenvalue weighted by Crippen LogP contribution is -2.27. The Balaban J connectivity index is 2.31. The first kappa shape index (κ1) is 15.3. The average Bonchev–Trinajstić information content (AvgIpc) is 2.85. The molecular formula is C17H17N5. The number of nitriles is 2. The zero-order valence-corrected chi connectivity index (χ0v) is 12.7. The second kappa shape index (κ2) is 7.10. The molecule has 0 saturated carbocycles. The molecule has 5 heteroatoms. The van der Waals surface area contributed by atoms with E-state index >= 15 is 0 Å². The third-order valence-electron chi connectivity index (χ3n) is 3.39. The topological polar surface area (TPSA) is 66.4 Å². The van der Waals surface area contributed by atoms with Crippen LogP contribution in [0.4, 0.5) is 5.69 Å². The van der Waals surface area contributed by atoms with Crippen molar-refractivity contribution in [3.63, 3.8) is 0 Å². The van der Waals surface area contributed by atoms with Crippen molar-refractivity contribution in [2.45, 2.75) is 0 Å². The zero-order valence-electron chi connectivity index (χ0n) is 12.7. The second-order valence-electron chi connectivity index (χ2n) is 4.98. The van der Waals surface area contributed by atoms with Crippen molar-refractivity contribution in [3.8, 4) is 12.1 Å². The van der Waals surface area contributed by atoms with Gasteiger partial charge in [0.2, 0.25) is 5.96 Å². The molecule has 1 aromatic carbocycles. The quantitative estimate of drug-likeness (QED) is 0.634. The molecule has 2 rings (SSSR count). The normalized spacial score (nSPS) is 13.9. The Labute approximate surface area is 130 Å². The zero-order chi connectivity index (χ0) is 15.9. The summed E-state index contributed by atoms with van der Waals surface area (Å²) in [6, 6.07) is 11.4. The van der Waals surface area contributed by atoms with Gasteiger partial charge in [-0.15, -0.1) is 0 Å². The van der Waals surface area contributed by atoms with Crippen molar-refractivity contribution in [2.75, 3.05) is 27.2 Å². The van der Waals surface area contributed by atoms with E-state index in [0.29, 0.717) is 0 Å². The van der Waals surface area contributed by atoms with Crippen LogP contribution in [0.15, 0.2) is 47.0 Å². The van der Waals surface area contributed by atoms with Crippen LogP contribution in [-0.4, -0.2) is 42.9 Å². The van der Waals surface area contributed by atoms with Crippen LogP contribution >= 0.6 is 0 Å². The summed E-state index contributed by atoms with van der Waals surface area (Å²) < 4.78 is 0. The molecule has 0 atom stereocenters. The van der Waals surface area contributed by atoms with Crippen LogP contribution < -0.4 is 0 Å². The maximum absolute atomic E-state index is 8.72. The molecule has 1 heterocycles. The number of hydrogen-bond acceptors (Lipinski definition) is 3. The summed E-state index contributed by atoms with van der Waals surface area (Å²) in [5.74, 6) is 0.936. The van der Waals surface area contributed by atoms with Crippen molar-refractivity contribution >= 4 is 17.7 Å². The summed E-state index contributed by atoms with van der Waals surface area (Å²) in [5.41, 5.74) is 1.88. The first-order valence-corrected chi connectivity index (χ1v) is 6.94. The van der Waals surface area contributed by atoms with Crippen LogP contribution in [0.3, 0.4) is 0 Å². The van der Waals surface area contributed by atoms with Gasteiger partial charge < -0.3 is 9.80 Å². The SMILES string of the molecule is CN1CCN(C)C1=Nc1ccccc1/C=C/C=C(C#N)C#N. The van der Waals surface area contributed by atoms with Gasteiger partial charge in [0.15, 0.2) is 0 Å². The van der Waals surface area contributed by atoms with Crippen molar-refractivity contribution in [1.82, 2.24) is 9.80 Å². The molecule has 0 bridgehead atoms. The number of benzene rings is 1. The molecule has 1 aliphatic rings. The first-order chi connectivity index (χ1) is 10.7. The van der Waals surface area contributed by atoms with E-state index in [9.17, 15) is 0 Å². The van der Waals surface area contributed by atoms with Gasteiger partial charge in [-0.1, -0.05) is 30.4 Å². The summed E-state index contributed by atoms with van der Waals surface area (Å²) in [4.78, 5) is 8.95. The summed E-state index contributed by atoms with van der Waals surface area (Å²) in [6.07, 6.45) is 5.05. The van der Waals surface area contributed by atoms with E-state index in [-0.39, 0.29) is 5.57 Å². The van der Waals surface area contributed by atoms with E-state index in [0.717, 1.165) is 30.3 Å². The van der Waals surface area contributed by atoms with Gasteiger partial charge in [0, 0.05) is 32.7 Å². The van der Waals surface area contributed by atoms with Gasteiger partial charge in [0.25, 0.3) is 0 Å². The minimum absolute atomic E-state index is 0.0790. The number of para-hydroxylation sites is 1. The number of allylic oxidation sites excluding steroid dienone is 3. The summed E-state index contributed by atoms with van der Waals surface area (Å²) in [7, 11) is 4.05. The number of likely N-dealkylation sites (N-methyl/N-ethyl adjacent to an activating group) is 2. The fraction of sp³-hybridized carbons (Fsp3) is 0.235. The van der Waals surface area contributed by atoms with E-state index in [2.05, 4.69) is 9.80 Å². The van der Waals surface area contributed by atoms with Crippen LogP contribution in [0.2, 0.25) is 0 Å². The number of hydrogen-bond donors (Lipinski definition) is 0. The minimum atomic E-state index is 0.0790. The van der Waals surface area contributed by atoms with Gasteiger partial charge in [-0.3, -0.25) is 0 Å². The summed E-state index contributed by atoms with van der Waals surface area (Å²) in [6.45, 7) is 1.92. The lowest BCUT2D eigenvalue weighted by Gasteiger charge is -2.16. The smallest absolute Gasteiger partial charge is 0.201 e. The Kier molecular flexibility index (Phi) is 4.95. The van der Waals surface area contributed by atoms with Crippen molar-refractivity contribution in [3.05, 3.63) is 47.6 Å². The van der Waals surface area contributed by atoms with E-state index in [1.165, 1.54) is 6.08 Å². The van der Waals surface area contributed by atoms with Crippen LogP contribution in [0.25, 0.3) is 6.08 Å². The highest BCUT2D eigenvalue weighted by Crippen LogP contribution is 2.22. The van der Waals surface area contributed by atoms with Crippen LogP contribution in [0.5, 0.6) is 0 Å². The highest BCUT2D eigenvalue weighted by molar-refractivity contribution is 5.85. The molecule has 110 valence electrons. The van der Waals surface area contributed by atoms with Gasteiger partial charge in [-0.2, -0.15) is 10.5 Å². The molecular weight excluding hydrogens is 274 g/mol. The monoisotopic (exact) mass is 291 g/mol. The van der Waals surface area contributed by atoms with E-state index < -0.39 is 0 Å². The Hall–Kier alpha value is -3.05. The fourth-order valence-corrected chi connectivity index (χ4v) is 2.15. The van der Waals surface area contributed by atoms with E-state index in [1.807, 2.05) is 56.6 Å². The number of aliphatic imine (C=N–C) groups is 1. The minimum Gasteiger partial charge on any atom is -0.344 e. The molecule has 0 spiro atoms. The van der Waals surface area contributed by atoms with E-state index in [1.54, 1.807) is 6.08 Å². The number of rotatable bonds is 3. The molecule has 0 aromatic heterocycles. The van der Waals surface area contributed by atoms with Gasteiger partial charge in [0.05, 0.1) is 5.69 Å². The van der Waals surface area contributed by atoms with Crippen molar-refractivity contribution in [2.24, 2.45) is 4.99 Å². The Morgan fingerprint density at radius 3 is 2.41 bits per heavy atom. The molecule has 0 amide bonds. The van der Waals surface area contributed by atoms with E-state index in [4.69, 9.17) is 15.5 Å². The molecule has 1 aliphatic heterocycles. The highest BCUT2D eigenvalue weighted by Gasteiger charge is 2.19. The molecule has 22 heavy (non-hydrogen) atoms. The Morgan fingerprint density at radius 2 is 1.77 bits per heavy atom.